The minimum absolute atomic E-state index is 0.0381. The molecule has 0 fully saturated rings. The second-order valence-corrected chi connectivity index (χ2v) is 4.92. The van der Waals surface area contributed by atoms with Crippen molar-refractivity contribution in [1.82, 2.24) is 4.73 Å². The van der Waals surface area contributed by atoms with Crippen LogP contribution in [0.15, 0.2) is 42.5 Å². The van der Waals surface area contributed by atoms with E-state index in [0.717, 1.165) is 29.0 Å². The maximum atomic E-state index is 11.9. The third-order valence-electron chi connectivity index (χ3n) is 3.33. The number of hydrogen-bond donors (Lipinski definition) is 0. The molecule has 1 aromatic heterocycles. The Labute approximate surface area is 138 Å². The first-order valence-electron chi connectivity index (χ1n) is 6.94. The fourth-order valence-electron chi connectivity index (χ4n) is 2.38. The topological polar surface area (TPSA) is 110 Å². The van der Waals surface area contributed by atoms with Gasteiger partial charge >= 0.3 is 23.9 Å². The van der Waals surface area contributed by atoms with Gasteiger partial charge in [-0.15, -0.1) is 4.73 Å². The fourth-order valence-corrected chi connectivity index (χ4v) is 2.38. The van der Waals surface area contributed by atoms with Gasteiger partial charge in [0.05, 0.1) is 10.9 Å². The molecule has 0 unspecified atom stereocenters. The second-order valence-electron chi connectivity index (χ2n) is 4.92. The summed E-state index contributed by atoms with van der Waals surface area (Å²) in [6, 6.07) is 4.48. The number of hydrogen-bond acceptors (Lipinski definition) is 8. The Morgan fingerprint density at radius 1 is 0.720 bits per heavy atom. The van der Waals surface area contributed by atoms with Crippen molar-refractivity contribution in [3.05, 3.63) is 42.5 Å². The number of ether oxygens (including phenoxy) is 3. The summed E-state index contributed by atoms with van der Waals surface area (Å²) >= 11 is 0. The van der Waals surface area contributed by atoms with Crippen molar-refractivity contribution in [2.75, 3.05) is 0 Å². The van der Waals surface area contributed by atoms with Crippen molar-refractivity contribution in [2.45, 2.75) is 0 Å². The molecule has 3 heterocycles. The highest BCUT2D eigenvalue weighted by Gasteiger charge is 2.30. The predicted octanol–water partition coefficient (Wildman–Crippen LogP) is 0.452. The van der Waals surface area contributed by atoms with Gasteiger partial charge in [0.2, 0.25) is 5.75 Å². The summed E-state index contributed by atoms with van der Waals surface area (Å²) in [7, 11) is 0. The van der Waals surface area contributed by atoms with E-state index in [-0.39, 0.29) is 28.3 Å². The molecule has 0 saturated heterocycles. The highest BCUT2D eigenvalue weighted by atomic mass is 16.7. The Morgan fingerprint density at radius 2 is 1.36 bits per heavy atom. The number of nitrogens with zero attached hydrogens (tertiary/aromatic N) is 1. The van der Waals surface area contributed by atoms with E-state index in [9.17, 15) is 19.2 Å². The lowest BCUT2D eigenvalue weighted by atomic mass is 10.2. The minimum atomic E-state index is -0.899. The average Bonchev–Trinajstić information content (AvgIpc) is 2.86. The van der Waals surface area contributed by atoms with Gasteiger partial charge in [0, 0.05) is 24.3 Å². The number of rotatable bonds is 0. The van der Waals surface area contributed by atoms with Gasteiger partial charge in [-0.1, -0.05) is 6.07 Å². The zero-order valence-corrected chi connectivity index (χ0v) is 12.3. The van der Waals surface area contributed by atoms with Crippen molar-refractivity contribution in [3.8, 4) is 17.4 Å². The molecule has 0 radical (unpaired) electrons. The smallest absolute Gasteiger partial charge is 0.356 e. The third kappa shape index (κ3) is 2.43. The molecule has 9 nitrogen and oxygen atoms in total. The molecule has 124 valence electrons. The quantitative estimate of drug-likeness (QED) is 0.502. The fraction of sp³-hybridized carbons (Fsp3) is 0. The molecule has 1 aromatic carbocycles. The van der Waals surface area contributed by atoms with E-state index in [1.807, 2.05) is 0 Å². The Kier molecular flexibility index (Phi) is 3.14. The van der Waals surface area contributed by atoms with E-state index >= 15 is 0 Å². The second kappa shape index (κ2) is 5.34. The first-order chi connectivity index (χ1) is 12.0. The van der Waals surface area contributed by atoms with Crippen LogP contribution in [-0.2, 0) is 19.2 Å². The van der Waals surface area contributed by atoms with Crippen LogP contribution in [-0.4, -0.2) is 28.6 Å². The zero-order chi connectivity index (χ0) is 17.6. The van der Waals surface area contributed by atoms with Gasteiger partial charge < -0.3 is 19.0 Å². The standard InChI is InChI=1S/C16H7NO8/c18-10-4-5-11(19)23-15-14-8(2-1-3-9(14)22-10)17-16(15)24-12(20)6-7-13(21)25-17/h1-7H/b5-4+,7-6+. The highest BCUT2D eigenvalue weighted by Crippen LogP contribution is 2.44. The van der Waals surface area contributed by atoms with E-state index < -0.39 is 23.9 Å². The molecule has 0 atom stereocenters. The molecule has 9 heteroatoms. The molecule has 2 aliphatic heterocycles. The van der Waals surface area contributed by atoms with Crippen LogP contribution >= 0.6 is 0 Å². The molecule has 0 aliphatic carbocycles. The van der Waals surface area contributed by atoms with Crippen molar-refractivity contribution >= 4 is 34.8 Å². The zero-order valence-electron chi connectivity index (χ0n) is 12.3. The molecule has 0 bridgehead atoms. The first kappa shape index (κ1) is 14.7. The van der Waals surface area contributed by atoms with Crippen LogP contribution in [0.1, 0.15) is 0 Å². The van der Waals surface area contributed by atoms with E-state index in [2.05, 4.69) is 0 Å². The molecule has 0 N–H and O–H groups in total. The van der Waals surface area contributed by atoms with Gasteiger partial charge in [0.25, 0.3) is 5.88 Å². The van der Waals surface area contributed by atoms with Gasteiger partial charge in [-0.2, -0.15) is 0 Å². The normalized spacial score (nSPS) is 19.0. The van der Waals surface area contributed by atoms with E-state index in [4.69, 9.17) is 19.0 Å². The van der Waals surface area contributed by atoms with Gasteiger partial charge in [-0.25, -0.2) is 19.2 Å². The van der Waals surface area contributed by atoms with Crippen molar-refractivity contribution in [2.24, 2.45) is 0 Å². The van der Waals surface area contributed by atoms with Crippen molar-refractivity contribution in [1.29, 1.82) is 0 Å². The van der Waals surface area contributed by atoms with E-state index in [0.29, 0.717) is 0 Å². The van der Waals surface area contributed by atoms with Crippen LogP contribution in [0.4, 0.5) is 0 Å². The van der Waals surface area contributed by atoms with Crippen LogP contribution in [0, 0.1) is 0 Å². The lowest BCUT2D eigenvalue weighted by molar-refractivity contribution is -0.142. The maximum absolute atomic E-state index is 11.9. The largest absolute Gasteiger partial charge is 0.422 e. The Morgan fingerprint density at radius 3 is 2.12 bits per heavy atom. The summed E-state index contributed by atoms with van der Waals surface area (Å²) in [5.41, 5.74) is 0.196. The van der Waals surface area contributed by atoms with Crippen LogP contribution < -0.4 is 19.0 Å². The summed E-state index contributed by atoms with van der Waals surface area (Å²) in [4.78, 5) is 52.2. The molecule has 4 rings (SSSR count). The summed E-state index contributed by atoms with van der Waals surface area (Å²) < 4.78 is 16.4. The minimum Gasteiger partial charge on any atom is -0.422 e. The average molecular weight is 341 g/mol. The summed E-state index contributed by atoms with van der Waals surface area (Å²) in [6.45, 7) is 0. The van der Waals surface area contributed by atoms with E-state index in [1.165, 1.54) is 18.2 Å². The maximum Gasteiger partial charge on any atom is 0.356 e. The lowest BCUT2D eigenvalue weighted by Gasteiger charge is -2.11. The van der Waals surface area contributed by atoms with Gasteiger partial charge in [-0.3, -0.25) is 0 Å². The molecule has 2 aromatic rings. The number of benzene rings is 1. The number of fused-ring (bicyclic) bond motifs is 3. The van der Waals surface area contributed by atoms with Crippen molar-refractivity contribution < 1.29 is 38.2 Å². The molecule has 0 spiro atoms. The molecular weight excluding hydrogens is 334 g/mol. The van der Waals surface area contributed by atoms with Crippen LogP contribution in [0.25, 0.3) is 10.9 Å². The first-order valence-corrected chi connectivity index (χ1v) is 6.94. The van der Waals surface area contributed by atoms with Crippen LogP contribution in [0.5, 0.6) is 17.4 Å². The SMILES string of the molecule is O=C1/C=C/C(=O)Oc2c3n(c4cccc(c24)O1)OC(=O)/C=C/C(=O)O3. The molecule has 25 heavy (non-hydrogen) atoms. The van der Waals surface area contributed by atoms with Gasteiger partial charge in [-0.05, 0) is 12.1 Å². The molecule has 0 saturated carbocycles. The number of esters is 3. The third-order valence-corrected chi connectivity index (χ3v) is 3.33. The summed E-state index contributed by atoms with van der Waals surface area (Å²) in [5, 5.41) is 0.130. The monoisotopic (exact) mass is 341 g/mol. The van der Waals surface area contributed by atoms with Gasteiger partial charge in [0.15, 0.2) is 0 Å². The molecule has 2 aliphatic rings. The summed E-state index contributed by atoms with van der Waals surface area (Å²) in [5.74, 6) is -3.92. The summed E-state index contributed by atoms with van der Waals surface area (Å²) in [6.07, 6.45) is 3.52. The Balaban J connectivity index is 2.05. The number of carbonyl (C=O) groups excluding carboxylic acids is 4. The van der Waals surface area contributed by atoms with Crippen molar-refractivity contribution in [3.63, 3.8) is 0 Å². The number of carbonyl (C=O) groups is 4. The highest BCUT2D eigenvalue weighted by molar-refractivity contribution is 6.04. The van der Waals surface area contributed by atoms with Crippen LogP contribution in [0.2, 0.25) is 0 Å². The van der Waals surface area contributed by atoms with E-state index in [1.54, 1.807) is 0 Å². The molecule has 0 amide bonds. The molecular formula is C16H7NO8. The Bertz CT molecular complexity index is 1030. The lowest BCUT2D eigenvalue weighted by Crippen LogP contribution is -2.23. The van der Waals surface area contributed by atoms with Crippen LogP contribution in [0.3, 0.4) is 0 Å². The Hall–Kier alpha value is -3.88. The van der Waals surface area contributed by atoms with Gasteiger partial charge in [0.1, 0.15) is 5.75 Å². The predicted molar refractivity (Wildman–Crippen MR) is 78.7 cm³/mol. The number of aromatic nitrogens is 1.